The van der Waals surface area contributed by atoms with Gasteiger partial charge in [-0.1, -0.05) is 39.0 Å². The molecule has 0 aromatic heterocycles. The summed E-state index contributed by atoms with van der Waals surface area (Å²) >= 11 is 6.07. The van der Waals surface area contributed by atoms with Crippen molar-refractivity contribution in [3.8, 4) is 5.75 Å². The average molecular weight is 310 g/mol. The van der Waals surface area contributed by atoms with Crippen LogP contribution in [0.3, 0.4) is 0 Å². The number of aliphatic carboxylic acids is 1. The summed E-state index contributed by atoms with van der Waals surface area (Å²) in [6.07, 6.45) is -0.0247. The third kappa shape index (κ3) is 3.50. The van der Waals surface area contributed by atoms with Crippen molar-refractivity contribution >= 4 is 17.6 Å². The maximum atomic E-state index is 10.8. The average Bonchev–Trinajstić information content (AvgIpc) is 2.32. The molecule has 0 amide bonds. The summed E-state index contributed by atoms with van der Waals surface area (Å²) < 4.78 is 5.99. The van der Waals surface area contributed by atoms with Crippen molar-refractivity contribution in [2.45, 2.75) is 32.3 Å². The van der Waals surface area contributed by atoms with Crippen LogP contribution in [0, 0.1) is 0 Å². The van der Waals surface area contributed by atoms with Gasteiger partial charge in [0.25, 0.3) is 0 Å². The van der Waals surface area contributed by atoms with E-state index in [2.05, 4.69) is 27.4 Å². The summed E-state index contributed by atoms with van der Waals surface area (Å²) in [4.78, 5) is 12.5. The Hall–Kier alpha value is -1.68. The molecular weight excluding hydrogens is 290 g/mol. The van der Waals surface area contributed by atoms with Crippen LogP contribution in [-0.4, -0.2) is 35.2 Å². The molecule has 1 aliphatic rings. The normalized spacial score (nSPS) is 15.5. The Morgan fingerprint density at radius 1 is 1.43 bits per heavy atom. The first-order valence-electron chi connectivity index (χ1n) is 6.82. The molecule has 0 radical (unpaired) electrons. The quantitative estimate of drug-likeness (QED) is 0.867. The molecule has 0 aliphatic carbocycles. The highest BCUT2D eigenvalue weighted by atomic mass is 35.5. The van der Waals surface area contributed by atoms with Crippen molar-refractivity contribution in [1.29, 1.82) is 0 Å². The number of carboxylic acids is 1. The van der Waals surface area contributed by atoms with Crippen LogP contribution in [0.15, 0.2) is 30.5 Å². The summed E-state index contributed by atoms with van der Waals surface area (Å²) in [5.41, 5.74) is 1.08. The molecule has 1 aromatic rings. The Kier molecular flexibility index (Phi) is 4.19. The van der Waals surface area contributed by atoms with E-state index >= 15 is 0 Å². The molecule has 0 atom stereocenters. The fourth-order valence-corrected chi connectivity index (χ4v) is 2.41. The van der Waals surface area contributed by atoms with Crippen LogP contribution in [-0.2, 0) is 10.2 Å². The van der Waals surface area contributed by atoms with Crippen LogP contribution < -0.4 is 4.74 Å². The zero-order chi connectivity index (χ0) is 15.8. The Labute approximate surface area is 130 Å². The van der Waals surface area contributed by atoms with Crippen molar-refractivity contribution in [3.05, 3.63) is 41.1 Å². The van der Waals surface area contributed by atoms with Crippen molar-refractivity contribution in [2.24, 2.45) is 0 Å². The van der Waals surface area contributed by atoms with Gasteiger partial charge in [0, 0.05) is 10.6 Å². The minimum Gasteiger partial charge on any atom is -0.486 e. The Bertz CT molecular complexity index is 571. The number of hydrogen-bond donors (Lipinski definition) is 1. The standard InChI is InChI=1S/C16H20ClNO3/c1-10(15(19)20)18-8-12(9-18)21-14-6-5-11(17)7-13(14)16(2,3)4/h5-7,12H,1,8-9H2,2-4H3,(H,19,20). The van der Waals surface area contributed by atoms with E-state index in [4.69, 9.17) is 21.4 Å². The largest absolute Gasteiger partial charge is 0.486 e. The first kappa shape index (κ1) is 15.7. The fraction of sp³-hybridized carbons (Fsp3) is 0.438. The highest BCUT2D eigenvalue weighted by molar-refractivity contribution is 6.30. The monoisotopic (exact) mass is 309 g/mol. The van der Waals surface area contributed by atoms with Crippen LogP contribution >= 0.6 is 11.6 Å². The molecule has 0 spiro atoms. The molecular formula is C16H20ClNO3. The lowest BCUT2D eigenvalue weighted by Crippen LogP contribution is -2.54. The summed E-state index contributed by atoms with van der Waals surface area (Å²) in [6, 6.07) is 5.60. The Morgan fingerprint density at radius 2 is 2.05 bits per heavy atom. The first-order chi connectivity index (χ1) is 9.68. The second kappa shape index (κ2) is 5.60. The SMILES string of the molecule is C=C(C(=O)O)N1CC(Oc2ccc(Cl)cc2C(C)(C)C)C1. The first-order valence-corrected chi connectivity index (χ1v) is 7.20. The zero-order valence-electron chi connectivity index (χ0n) is 12.5. The fourth-order valence-electron chi connectivity index (χ4n) is 2.24. The third-order valence-corrected chi connectivity index (χ3v) is 3.75. The van der Waals surface area contributed by atoms with Gasteiger partial charge in [0.1, 0.15) is 17.6 Å². The van der Waals surface area contributed by atoms with Gasteiger partial charge in [-0.25, -0.2) is 4.79 Å². The molecule has 4 nitrogen and oxygen atoms in total. The Balaban J connectivity index is 2.06. The van der Waals surface area contributed by atoms with Gasteiger partial charge in [-0.3, -0.25) is 0 Å². The molecule has 1 aliphatic heterocycles. The summed E-state index contributed by atoms with van der Waals surface area (Å²) in [5.74, 6) is -0.187. The summed E-state index contributed by atoms with van der Waals surface area (Å²) in [7, 11) is 0. The number of halogens is 1. The molecule has 1 saturated heterocycles. The molecule has 2 rings (SSSR count). The molecule has 0 saturated carbocycles. The highest BCUT2D eigenvalue weighted by Gasteiger charge is 2.32. The number of rotatable bonds is 4. The molecule has 21 heavy (non-hydrogen) atoms. The van der Waals surface area contributed by atoms with Crippen LogP contribution in [0.2, 0.25) is 5.02 Å². The molecule has 5 heteroatoms. The lowest BCUT2D eigenvalue weighted by molar-refractivity contribution is -0.135. The van der Waals surface area contributed by atoms with Gasteiger partial charge < -0.3 is 14.7 Å². The Morgan fingerprint density at radius 3 is 2.57 bits per heavy atom. The smallest absolute Gasteiger partial charge is 0.351 e. The van der Waals surface area contributed by atoms with Crippen LogP contribution in [0.1, 0.15) is 26.3 Å². The van der Waals surface area contributed by atoms with Crippen molar-refractivity contribution in [3.63, 3.8) is 0 Å². The molecule has 0 bridgehead atoms. The van der Waals surface area contributed by atoms with E-state index in [0.29, 0.717) is 18.1 Å². The van der Waals surface area contributed by atoms with E-state index in [1.54, 1.807) is 11.0 Å². The predicted molar refractivity (Wildman–Crippen MR) is 82.9 cm³/mol. The van der Waals surface area contributed by atoms with Crippen LogP contribution in [0.4, 0.5) is 0 Å². The molecule has 1 fully saturated rings. The van der Waals surface area contributed by atoms with Gasteiger partial charge in [0.2, 0.25) is 0 Å². The number of likely N-dealkylation sites (tertiary alicyclic amines) is 1. The van der Waals surface area contributed by atoms with Gasteiger partial charge in [0.15, 0.2) is 0 Å². The minimum atomic E-state index is -0.990. The molecule has 1 heterocycles. The van der Waals surface area contributed by atoms with E-state index in [-0.39, 0.29) is 17.2 Å². The molecule has 1 N–H and O–H groups in total. The second-order valence-electron chi connectivity index (χ2n) is 6.29. The van der Waals surface area contributed by atoms with Gasteiger partial charge in [-0.05, 0) is 23.6 Å². The maximum Gasteiger partial charge on any atom is 0.351 e. The number of carbonyl (C=O) groups is 1. The van der Waals surface area contributed by atoms with Gasteiger partial charge in [0.05, 0.1) is 13.1 Å². The molecule has 0 unspecified atom stereocenters. The number of nitrogens with zero attached hydrogens (tertiary/aromatic N) is 1. The molecule has 114 valence electrons. The second-order valence-corrected chi connectivity index (χ2v) is 6.72. The summed E-state index contributed by atoms with van der Waals surface area (Å²) in [6.45, 7) is 10.9. The topological polar surface area (TPSA) is 49.8 Å². The van der Waals surface area contributed by atoms with E-state index in [1.807, 2.05) is 12.1 Å². The number of ether oxygens (including phenoxy) is 1. The van der Waals surface area contributed by atoms with E-state index in [9.17, 15) is 4.79 Å². The van der Waals surface area contributed by atoms with E-state index in [1.165, 1.54) is 0 Å². The van der Waals surface area contributed by atoms with Gasteiger partial charge in [-0.15, -0.1) is 0 Å². The zero-order valence-corrected chi connectivity index (χ0v) is 13.3. The van der Waals surface area contributed by atoms with Crippen LogP contribution in [0.25, 0.3) is 0 Å². The van der Waals surface area contributed by atoms with Crippen molar-refractivity contribution in [2.75, 3.05) is 13.1 Å². The predicted octanol–water partition coefficient (Wildman–Crippen LogP) is 3.30. The molecule has 1 aromatic carbocycles. The third-order valence-electron chi connectivity index (χ3n) is 3.52. The van der Waals surface area contributed by atoms with Gasteiger partial charge >= 0.3 is 5.97 Å². The van der Waals surface area contributed by atoms with E-state index in [0.717, 1.165) is 11.3 Å². The number of benzene rings is 1. The number of hydrogen-bond acceptors (Lipinski definition) is 3. The van der Waals surface area contributed by atoms with Gasteiger partial charge in [-0.2, -0.15) is 0 Å². The minimum absolute atomic E-state index is 0.0247. The van der Waals surface area contributed by atoms with Crippen molar-refractivity contribution < 1.29 is 14.6 Å². The maximum absolute atomic E-state index is 10.8. The van der Waals surface area contributed by atoms with E-state index < -0.39 is 5.97 Å². The van der Waals surface area contributed by atoms with Crippen LogP contribution in [0.5, 0.6) is 5.75 Å². The summed E-state index contributed by atoms with van der Waals surface area (Å²) in [5, 5.41) is 9.56. The number of carboxylic acid groups (broad SMARTS) is 1. The lowest BCUT2D eigenvalue weighted by atomic mass is 9.86. The van der Waals surface area contributed by atoms with Crippen molar-refractivity contribution in [1.82, 2.24) is 4.90 Å². The lowest BCUT2D eigenvalue weighted by Gasteiger charge is -2.41. The highest BCUT2D eigenvalue weighted by Crippen LogP contribution is 2.35.